The van der Waals surface area contributed by atoms with Gasteiger partial charge in [0.1, 0.15) is 5.69 Å². The summed E-state index contributed by atoms with van der Waals surface area (Å²) in [5.74, 6) is -1.58. The maximum atomic E-state index is 13.2. The number of nitrogens with one attached hydrogen (secondary N) is 1. The second-order valence-corrected chi connectivity index (χ2v) is 7.29. The molecule has 1 heterocycles. The average Bonchev–Trinajstić information content (AvgIpc) is 3.02. The maximum absolute atomic E-state index is 13.2. The molecule has 0 aliphatic heterocycles. The van der Waals surface area contributed by atoms with Crippen LogP contribution >= 0.6 is 0 Å². The largest absolute Gasteiger partial charge is 0.478 e. The van der Waals surface area contributed by atoms with Crippen molar-refractivity contribution in [3.63, 3.8) is 0 Å². The summed E-state index contributed by atoms with van der Waals surface area (Å²) >= 11 is 0. The van der Waals surface area contributed by atoms with Crippen LogP contribution in [0.5, 0.6) is 0 Å². The summed E-state index contributed by atoms with van der Waals surface area (Å²) in [5, 5.41) is 12.3. The summed E-state index contributed by atoms with van der Waals surface area (Å²) in [5.41, 5.74) is 2.35. The molecule has 4 rings (SSSR count). The highest BCUT2D eigenvalue weighted by Crippen LogP contribution is 2.28. The summed E-state index contributed by atoms with van der Waals surface area (Å²) in [6.07, 6.45) is 0. The minimum absolute atomic E-state index is 0.0927. The molecule has 7 heteroatoms. The number of hydrogen-bond acceptors (Lipinski definition) is 3. The van der Waals surface area contributed by atoms with Gasteiger partial charge in [-0.05, 0) is 42.3 Å². The highest BCUT2D eigenvalue weighted by molar-refractivity contribution is 6.10. The predicted molar refractivity (Wildman–Crippen MR) is 123 cm³/mol. The highest BCUT2D eigenvalue weighted by Gasteiger charge is 2.22. The third kappa shape index (κ3) is 3.60. The fraction of sp³-hybridized carbons (Fsp3) is 0.0800. The lowest BCUT2D eigenvalue weighted by Crippen LogP contribution is -2.23. The van der Waals surface area contributed by atoms with E-state index in [4.69, 9.17) is 0 Å². The lowest BCUT2D eigenvalue weighted by Gasteiger charge is -2.12. The average molecular weight is 427 g/mol. The number of amides is 1. The van der Waals surface area contributed by atoms with Crippen molar-refractivity contribution >= 4 is 17.6 Å². The van der Waals surface area contributed by atoms with Gasteiger partial charge in [-0.25, -0.2) is 9.48 Å². The summed E-state index contributed by atoms with van der Waals surface area (Å²) in [4.78, 5) is 38.0. The molecule has 3 aromatic carbocycles. The Hall–Kier alpha value is -4.39. The van der Waals surface area contributed by atoms with Crippen molar-refractivity contribution in [3.8, 4) is 16.8 Å². The number of hydrogen-bond donors (Lipinski definition) is 2. The Morgan fingerprint density at radius 1 is 0.812 bits per heavy atom. The Kier molecular flexibility index (Phi) is 5.47. The van der Waals surface area contributed by atoms with Gasteiger partial charge in [0, 0.05) is 12.6 Å². The van der Waals surface area contributed by atoms with E-state index >= 15 is 0 Å². The van der Waals surface area contributed by atoms with Gasteiger partial charge in [0.25, 0.3) is 11.5 Å². The van der Waals surface area contributed by atoms with E-state index in [1.165, 1.54) is 10.7 Å². The SMILES string of the molecule is Cc1c(NC(=O)c2ccccc2-c2ccccc2C(=O)O)c(=O)n(-c2ccccc2)n1C. The van der Waals surface area contributed by atoms with Crippen LogP contribution in [0.25, 0.3) is 16.8 Å². The number of nitrogens with zero attached hydrogens (tertiary/aromatic N) is 2. The van der Waals surface area contributed by atoms with Crippen LogP contribution in [0.1, 0.15) is 26.4 Å². The first kappa shape index (κ1) is 20.9. The van der Waals surface area contributed by atoms with Crippen molar-refractivity contribution in [1.29, 1.82) is 0 Å². The van der Waals surface area contributed by atoms with Crippen molar-refractivity contribution in [3.05, 3.63) is 106 Å². The summed E-state index contributed by atoms with van der Waals surface area (Å²) in [6, 6.07) is 22.4. The molecule has 2 N–H and O–H groups in total. The molecule has 0 unspecified atom stereocenters. The monoisotopic (exact) mass is 427 g/mol. The maximum Gasteiger partial charge on any atom is 0.336 e. The number of aromatic carboxylic acids is 1. The zero-order chi connectivity index (χ0) is 22.8. The molecular weight excluding hydrogens is 406 g/mol. The van der Waals surface area contributed by atoms with Crippen LogP contribution in [0.3, 0.4) is 0 Å². The molecule has 0 spiro atoms. The van der Waals surface area contributed by atoms with Crippen LogP contribution in [0.15, 0.2) is 83.7 Å². The number of carbonyl (C=O) groups is 2. The summed E-state index contributed by atoms with van der Waals surface area (Å²) < 4.78 is 3.16. The van der Waals surface area contributed by atoms with Gasteiger partial charge in [-0.3, -0.25) is 14.3 Å². The van der Waals surface area contributed by atoms with E-state index in [-0.39, 0.29) is 22.4 Å². The van der Waals surface area contributed by atoms with Crippen LogP contribution in [0.4, 0.5) is 5.69 Å². The topological polar surface area (TPSA) is 93.3 Å². The second kappa shape index (κ2) is 8.39. The minimum Gasteiger partial charge on any atom is -0.478 e. The number of benzene rings is 3. The molecule has 1 amide bonds. The Morgan fingerprint density at radius 2 is 1.34 bits per heavy atom. The number of carboxylic acid groups (broad SMARTS) is 1. The first-order valence-corrected chi connectivity index (χ1v) is 9.97. The zero-order valence-electron chi connectivity index (χ0n) is 17.6. The molecule has 0 atom stereocenters. The Bertz CT molecular complexity index is 1380. The molecule has 7 nitrogen and oxygen atoms in total. The number of aromatic nitrogens is 2. The van der Waals surface area contributed by atoms with Gasteiger partial charge < -0.3 is 10.4 Å². The van der Waals surface area contributed by atoms with Gasteiger partial charge in [0.15, 0.2) is 0 Å². The van der Waals surface area contributed by atoms with Crippen molar-refractivity contribution in [2.24, 2.45) is 7.05 Å². The van der Waals surface area contributed by atoms with Gasteiger partial charge in [-0.1, -0.05) is 54.6 Å². The van der Waals surface area contributed by atoms with E-state index < -0.39 is 11.9 Å². The zero-order valence-corrected chi connectivity index (χ0v) is 17.6. The molecule has 4 aromatic rings. The highest BCUT2D eigenvalue weighted by atomic mass is 16.4. The van der Waals surface area contributed by atoms with Crippen LogP contribution in [-0.2, 0) is 7.05 Å². The molecule has 160 valence electrons. The predicted octanol–water partition coefficient (Wildman–Crippen LogP) is 4.10. The summed E-state index contributed by atoms with van der Waals surface area (Å²) in [6.45, 7) is 1.75. The van der Waals surface area contributed by atoms with E-state index in [1.54, 1.807) is 61.1 Å². The van der Waals surface area contributed by atoms with E-state index in [0.717, 1.165) is 0 Å². The number of rotatable bonds is 5. The third-order valence-electron chi connectivity index (χ3n) is 5.41. The van der Waals surface area contributed by atoms with Crippen molar-refractivity contribution in [2.75, 3.05) is 5.32 Å². The third-order valence-corrected chi connectivity index (χ3v) is 5.41. The van der Waals surface area contributed by atoms with Gasteiger partial charge in [0.2, 0.25) is 0 Å². The molecule has 0 aliphatic carbocycles. The smallest absolute Gasteiger partial charge is 0.336 e. The second-order valence-electron chi connectivity index (χ2n) is 7.29. The first-order valence-electron chi connectivity index (χ1n) is 9.97. The van der Waals surface area contributed by atoms with Crippen molar-refractivity contribution in [2.45, 2.75) is 6.92 Å². The lowest BCUT2D eigenvalue weighted by molar-refractivity contribution is 0.0697. The summed E-state index contributed by atoms with van der Waals surface area (Å²) in [7, 11) is 1.75. The number of carboxylic acids is 1. The van der Waals surface area contributed by atoms with E-state index in [9.17, 15) is 19.5 Å². The van der Waals surface area contributed by atoms with Crippen molar-refractivity contribution < 1.29 is 14.7 Å². The van der Waals surface area contributed by atoms with E-state index in [0.29, 0.717) is 22.5 Å². The lowest BCUT2D eigenvalue weighted by atomic mass is 9.95. The van der Waals surface area contributed by atoms with Crippen LogP contribution in [-0.4, -0.2) is 26.3 Å². The first-order chi connectivity index (χ1) is 15.4. The molecule has 0 bridgehead atoms. The van der Waals surface area contributed by atoms with Gasteiger partial charge in [-0.15, -0.1) is 0 Å². The minimum atomic E-state index is -1.08. The van der Waals surface area contributed by atoms with E-state index in [2.05, 4.69) is 5.32 Å². The number of para-hydroxylation sites is 1. The van der Waals surface area contributed by atoms with Crippen LogP contribution in [0, 0.1) is 6.92 Å². The van der Waals surface area contributed by atoms with Gasteiger partial charge in [-0.2, -0.15) is 0 Å². The quantitative estimate of drug-likeness (QED) is 0.501. The molecular formula is C25H21N3O4. The van der Waals surface area contributed by atoms with Crippen LogP contribution in [0.2, 0.25) is 0 Å². The normalized spacial score (nSPS) is 10.7. The molecule has 0 fully saturated rings. The Balaban J connectivity index is 1.77. The Morgan fingerprint density at radius 3 is 1.97 bits per heavy atom. The fourth-order valence-electron chi connectivity index (χ4n) is 3.71. The molecule has 1 aromatic heterocycles. The number of anilines is 1. The van der Waals surface area contributed by atoms with Gasteiger partial charge >= 0.3 is 5.97 Å². The standard InChI is InChI=1S/C25H21N3O4/c1-16-22(24(30)28(27(16)2)17-10-4-3-5-11-17)26-23(29)20-14-8-6-12-18(20)19-13-7-9-15-21(19)25(31)32/h3-15H,1-2H3,(H,26,29)(H,31,32). The van der Waals surface area contributed by atoms with Gasteiger partial charge in [0.05, 0.1) is 16.9 Å². The molecule has 0 radical (unpaired) electrons. The Labute approximate surface area is 184 Å². The van der Waals surface area contributed by atoms with Crippen molar-refractivity contribution in [1.82, 2.24) is 9.36 Å². The molecule has 0 aliphatic rings. The fourth-order valence-corrected chi connectivity index (χ4v) is 3.71. The van der Waals surface area contributed by atoms with E-state index in [1.807, 2.05) is 30.3 Å². The molecule has 0 saturated heterocycles. The number of carbonyl (C=O) groups excluding carboxylic acids is 1. The molecule has 0 saturated carbocycles. The van der Waals surface area contributed by atoms with Crippen LogP contribution < -0.4 is 10.9 Å². The molecule has 32 heavy (non-hydrogen) atoms.